The Kier molecular flexibility index (Phi) is 10.3. The van der Waals surface area contributed by atoms with E-state index in [0.29, 0.717) is 23.3 Å². The summed E-state index contributed by atoms with van der Waals surface area (Å²) in [6.45, 7) is 0. The maximum atomic E-state index is 6.63. The second-order valence-electron chi connectivity index (χ2n) is 21.8. The summed E-state index contributed by atoms with van der Waals surface area (Å²) in [6, 6.07) is 97.5. The van der Waals surface area contributed by atoms with Gasteiger partial charge in [0.1, 0.15) is 11.5 Å². The van der Waals surface area contributed by atoms with Crippen molar-refractivity contribution in [1.82, 2.24) is 24.9 Å². The van der Waals surface area contributed by atoms with Crippen LogP contribution in [0.4, 0.5) is 0 Å². The molecule has 0 saturated heterocycles. The molecule has 2 bridgehead atoms. The van der Waals surface area contributed by atoms with Crippen LogP contribution in [0.3, 0.4) is 0 Å². The molecule has 11 aromatic carbocycles. The lowest BCUT2D eigenvalue weighted by molar-refractivity contribution is 0.436. The molecule has 0 fully saturated rings. The summed E-state index contributed by atoms with van der Waals surface area (Å²) in [6.07, 6.45) is 0. The van der Waals surface area contributed by atoms with Gasteiger partial charge in [0.05, 0.1) is 16.8 Å². The molecule has 18 rings (SSSR count). The normalized spacial score (nSPS) is 15.0. The van der Waals surface area contributed by atoms with E-state index in [-0.39, 0.29) is 11.8 Å². The van der Waals surface area contributed by atoms with Crippen molar-refractivity contribution in [3.63, 3.8) is 0 Å². The zero-order chi connectivity index (χ0) is 53.9. The minimum absolute atomic E-state index is 0.0263. The molecule has 0 radical (unpaired) electrons. The third-order valence-electron chi connectivity index (χ3n) is 17.4. The molecule has 82 heavy (non-hydrogen) atoms. The first-order valence-corrected chi connectivity index (χ1v) is 28.0. The SMILES string of the molecule is c1ccc(-c2nc(-c3ccc(-c4ccc5c(c4)C4(c6ccccc6Oc6ccccc64)c4ccccc4-5)cc3)cc(-c3ccc4c(c3)C3c5ccccc5C4c4cc(-c5nc(-c6ccccc6)nc(-c6ccccc6)n5)ccc43)n2)cc1. The zero-order valence-electron chi connectivity index (χ0n) is 44.3. The summed E-state index contributed by atoms with van der Waals surface area (Å²) in [5.41, 5.74) is 24.6. The predicted molar refractivity (Wildman–Crippen MR) is 326 cm³/mol. The van der Waals surface area contributed by atoms with Crippen molar-refractivity contribution >= 4 is 0 Å². The number of hydrogen-bond donors (Lipinski definition) is 0. The number of aromatic nitrogens is 5. The molecule has 0 N–H and O–H groups in total. The smallest absolute Gasteiger partial charge is 0.164 e. The minimum Gasteiger partial charge on any atom is -0.457 e. The first-order chi connectivity index (χ1) is 40.6. The second-order valence-corrected chi connectivity index (χ2v) is 21.8. The Balaban J connectivity index is 0.750. The molecule has 382 valence electrons. The number of fused-ring (bicyclic) bond motifs is 9. The van der Waals surface area contributed by atoms with Crippen LogP contribution in [-0.2, 0) is 5.41 Å². The van der Waals surface area contributed by atoms with E-state index in [1.54, 1.807) is 0 Å². The van der Waals surface area contributed by atoms with E-state index in [1.165, 1.54) is 55.6 Å². The van der Waals surface area contributed by atoms with Crippen LogP contribution in [0.1, 0.15) is 67.5 Å². The third-order valence-corrected chi connectivity index (χ3v) is 17.4. The van der Waals surface area contributed by atoms with E-state index in [4.69, 9.17) is 29.7 Å². The van der Waals surface area contributed by atoms with Crippen LogP contribution in [0.5, 0.6) is 11.5 Å². The van der Waals surface area contributed by atoms with Gasteiger partial charge in [0.25, 0.3) is 0 Å². The zero-order valence-corrected chi connectivity index (χ0v) is 44.3. The molecular weight excluding hydrogens is 999 g/mol. The van der Waals surface area contributed by atoms with E-state index >= 15 is 0 Å². The maximum absolute atomic E-state index is 6.63. The Hall–Kier alpha value is -10.7. The number of ether oxygens (including phenoxy) is 1. The van der Waals surface area contributed by atoms with Crippen molar-refractivity contribution in [2.45, 2.75) is 17.3 Å². The first-order valence-electron chi connectivity index (χ1n) is 28.0. The molecule has 13 aromatic rings. The first kappa shape index (κ1) is 46.2. The highest BCUT2D eigenvalue weighted by atomic mass is 16.5. The van der Waals surface area contributed by atoms with Gasteiger partial charge in [-0.15, -0.1) is 0 Å². The van der Waals surface area contributed by atoms with E-state index in [0.717, 1.165) is 78.5 Å². The van der Waals surface area contributed by atoms with E-state index in [9.17, 15) is 0 Å². The summed E-state index contributed by atoms with van der Waals surface area (Å²) in [5.74, 6) is 4.47. The van der Waals surface area contributed by atoms with Gasteiger partial charge < -0.3 is 4.74 Å². The molecule has 2 unspecified atom stereocenters. The minimum atomic E-state index is -0.539. The topological polar surface area (TPSA) is 73.7 Å². The molecule has 4 aliphatic carbocycles. The Morgan fingerprint density at radius 1 is 0.244 bits per heavy atom. The lowest BCUT2D eigenvalue weighted by Crippen LogP contribution is -2.32. The van der Waals surface area contributed by atoms with Crippen molar-refractivity contribution in [3.05, 3.63) is 329 Å². The largest absolute Gasteiger partial charge is 0.457 e. The number of rotatable bonds is 7. The number of nitrogens with zero attached hydrogens (tertiary/aromatic N) is 5. The van der Waals surface area contributed by atoms with Crippen molar-refractivity contribution in [3.8, 4) is 102 Å². The van der Waals surface area contributed by atoms with Crippen LogP contribution in [0, 0.1) is 0 Å². The van der Waals surface area contributed by atoms with E-state index in [1.807, 2.05) is 42.5 Å². The average molecular weight is 1050 g/mol. The highest BCUT2D eigenvalue weighted by Crippen LogP contribution is 2.63. The fourth-order valence-electron chi connectivity index (χ4n) is 13.8. The third kappa shape index (κ3) is 7.04. The van der Waals surface area contributed by atoms with Crippen molar-refractivity contribution < 1.29 is 4.74 Å². The van der Waals surface area contributed by atoms with Crippen LogP contribution in [0.2, 0.25) is 0 Å². The highest BCUT2D eigenvalue weighted by molar-refractivity contribution is 5.91. The van der Waals surface area contributed by atoms with Crippen LogP contribution < -0.4 is 4.74 Å². The van der Waals surface area contributed by atoms with Gasteiger partial charge in [-0.2, -0.15) is 0 Å². The maximum Gasteiger partial charge on any atom is 0.164 e. The number of para-hydroxylation sites is 2. The van der Waals surface area contributed by atoms with Gasteiger partial charge >= 0.3 is 0 Å². The number of benzene rings is 11. The van der Waals surface area contributed by atoms with E-state index < -0.39 is 5.41 Å². The Labute approximate surface area is 474 Å². The van der Waals surface area contributed by atoms with Crippen LogP contribution in [0.15, 0.2) is 273 Å². The lowest BCUT2D eigenvalue weighted by Gasteiger charge is -2.42. The molecule has 3 heterocycles. The van der Waals surface area contributed by atoms with Crippen molar-refractivity contribution in [1.29, 1.82) is 0 Å². The molecule has 1 aliphatic heterocycles. The molecule has 6 heteroatoms. The standard InChI is InChI=1S/C76H47N5O/c1-4-18-48(19-5-1)72-77-66(47-34-32-46(33-35-47)51-36-39-55-54-24-12-13-27-62(54)76(65(55)44-51)63-28-14-16-30-68(63)82-69-31-17-15-29-64(69)76)45-67(78-72)52-37-40-58-60(42-52)70-56-25-10-11-26-57(56)71(58)61-43-53(38-41-59(61)70)75-80-73(49-20-6-2-7-21-49)79-74(81-75)50-22-8-3-9-23-50/h1-45,70-71H. The van der Waals surface area contributed by atoms with Gasteiger partial charge in [-0.25, -0.2) is 24.9 Å². The van der Waals surface area contributed by atoms with Gasteiger partial charge in [0.2, 0.25) is 0 Å². The molecule has 1 spiro atoms. The quantitative estimate of drug-likeness (QED) is 0.158. The fourth-order valence-corrected chi connectivity index (χ4v) is 13.8. The number of hydrogen-bond acceptors (Lipinski definition) is 6. The second kappa shape index (κ2) is 18.2. The van der Waals surface area contributed by atoms with Gasteiger partial charge in [-0.05, 0) is 103 Å². The van der Waals surface area contributed by atoms with Crippen LogP contribution in [0.25, 0.3) is 90.3 Å². The van der Waals surface area contributed by atoms with Crippen LogP contribution in [-0.4, -0.2) is 24.9 Å². The molecule has 0 saturated carbocycles. The van der Waals surface area contributed by atoms with E-state index in [2.05, 4.69) is 231 Å². The van der Waals surface area contributed by atoms with Crippen molar-refractivity contribution in [2.24, 2.45) is 0 Å². The summed E-state index contributed by atoms with van der Waals surface area (Å²) in [5, 5.41) is 0. The summed E-state index contributed by atoms with van der Waals surface area (Å²) in [4.78, 5) is 25.9. The summed E-state index contributed by atoms with van der Waals surface area (Å²) < 4.78 is 6.63. The lowest BCUT2D eigenvalue weighted by atomic mass is 9.60. The average Bonchev–Trinajstić information content (AvgIpc) is 3.36. The molecule has 0 amide bonds. The monoisotopic (exact) mass is 1050 g/mol. The molecule has 2 atom stereocenters. The summed E-state index contributed by atoms with van der Waals surface area (Å²) >= 11 is 0. The van der Waals surface area contributed by atoms with Gasteiger partial charge in [0, 0.05) is 56.3 Å². The van der Waals surface area contributed by atoms with Gasteiger partial charge in [-0.1, -0.05) is 237 Å². The molecule has 2 aromatic heterocycles. The highest BCUT2D eigenvalue weighted by Gasteiger charge is 2.51. The van der Waals surface area contributed by atoms with Gasteiger partial charge in [0.15, 0.2) is 23.3 Å². The molecule has 5 aliphatic rings. The van der Waals surface area contributed by atoms with Crippen LogP contribution >= 0.6 is 0 Å². The Morgan fingerprint density at radius 2 is 0.646 bits per heavy atom. The van der Waals surface area contributed by atoms with Gasteiger partial charge in [-0.3, -0.25) is 0 Å². The Bertz CT molecular complexity index is 4630. The fraction of sp³-hybridized carbons (Fsp3) is 0.0395. The predicted octanol–water partition coefficient (Wildman–Crippen LogP) is 17.8. The van der Waals surface area contributed by atoms with Crippen molar-refractivity contribution in [2.75, 3.05) is 0 Å². The molecular formula is C76H47N5O. The molecule has 6 nitrogen and oxygen atoms in total. The summed E-state index contributed by atoms with van der Waals surface area (Å²) in [7, 11) is 0. The Morgan fingerprint density at radius 3 is 1.23 bits per heavy atom.